The molecule has 3 N–H and O–H groups in total. The molecule has 1 aliphatic carbocycles. The van der Waals surface area contributed by atoms with Gasteiger partial charge in [-0.3, -0.25) is 14.9 Å². The Kier molecular flexibility index (Phi) is 5.41. The molecule has 0 atom stereocenters. The minimum absolute atomic E-state index is 0.0722. The minimum Gasteiger partial charge on any atom is -0.480 e. The molecule has 0 radical (unpaired) electrons. The smallest absolute Gasteiger partial charge is 0.323 e. The van der Waals surface area contributed by atoms with Gasteiger partial charge < -0.3 is 10.4 Å². The predicted molar refractivity (Wildman–Crippen MR) is 64.8 cm³/mol. The fourth-order valence-corrected chi connectivity index (χ4v) is 2.31. The van der Waals surface area contributed by atoms with Crippen LogP contribution >= 0.6 is 0 Å². The van der Waals surface area contributed by atoms with Gasteiger partial charge in [-0.1, -0.05) is 32.1 Å². The number of rotatable bonds is 4. The van der Waals surface area contributed by atoms with E-state index in [1.807, 2.05) is 0 Å². The van der Waals surface area contributed by atoms with Crippen LogP contribution in [-0.4, -0.2) is 36.1 Å². The first-order valence-corrected chi connectivity index (χ1v) is 6.30. The fraction of sp³-hybridized carbons (Fsp3) is 0.833. The van der Waals surface area contributed by atoms with Crippen molar-refractivity contribution in [1.82, 2.24) is 10.6 Å². The van der Waals surface area contributed by atoms with Crippen LogP contribution in [0, 0.1) is 0 Å². The van der Waals surface area contributed by atoms with Crippen LogP contribution in [0.3, 0.4) is 0 Å². The first-order valence-electron chi connectivity index (χ1n) is 6.30. The summed E-state index contributed by atoms with van der Waals surface area (Å²) in [5.41, 5.74) is -0.910. The second-order valence-corrected chi connectivity index (χ2v) is 4.68. The highest BCUT2D eigenvalue weighted by molar-refractivity contribution is 5.82. The van der Waals surface area contributed by atoms with E-state index in [0.29, 0.717) is 12.8 Å². The maximum atomic E-state index is 11.4. The van der Waals surface area contributed by atoms with Crippen LogP contribution in [0.4, 0.5) is 0 Å². The Morgan fingerprint density at radius 1 is 1.12 bits per heavy atom. The van der Waals surface area contributed by atoms with Crippen molar-refractivity contribution in [2.24, 2.45) is 0 Å². The maximum Gasteiger partial charge on any atom is 0.323 e. The molecule has 17 heavy (non-hydrogen) atoms. The number of likely N-dealkylation sites (N-methyl/N-ethyl adjacent to an activating group) is 1. The largest absolute Gasteiger partial charge is 0.480 e. The molecule has 0 aromatic rings. The summed E-state index contributed by atoms with van der Waals surface area (Å²) in [6.07, 6.45) is 6.39. The molecule has 0 aliphatic heterocycles. The summed E-state index contributed by atoms with van der Waals surface area (Å²) in [5, 5.41) is 14.8. The van der Waals surface area contributed by atoms with Crippen LogP contribution in [-0.2, 0) is 9.59 Å². The number of nitrogens with one attached hydrogen (secondary N) is 2. The van der Waals surface area contributed by atoms with Gasteiger partial charge in [-0.2, -0.15) is 0 Å². The Hall–Kier alpha value is -1.10. The normalized spacial score (nSPS) is 20.1. The molecular weight excluding hydrogens is 220 g/mol. The summed E-state index contributed by atoms with van der Waals surface area (Å²) in [7, 11) is 1.55. The van der Waals surface area contributed by atoms with Crippen LogP contribution in [0.25, 0.3) is 0 Å². The van der Waals surface area contributed by atoms with E-state index in [0.717, 1.165) is 25.7 Å². The molecule has 1 saturated carbocycles. The van der Waals surface area contributed by atoms with E-state index in [1.54, 1.807) is 7.05 Å². The van der Waals surface area contributed by atoms with Gasteiger partial charge in [-0.05, 0) is 12.8 Å². The summed E-state index contributed by atoms with van der Waals surface area (Å²) in [6, 6.07) is 0. The molecule has 5 nitrogen and oxygen atoms in total. The van der Waals surface area contributed by atoms with E-state index >= 15 is 0 Å². The summed E-state index contributed by atoms with van der Waals surface area (Å²) < 4.78 is 0. The molecule has 1 amide bonds. The Balaban J connectivity index is 2.64. The lowest BCUT2D eigenvalue weighted by molar-refractivity contribution is -0.146. The van der Waals surface area contributed by atoms with Gasteiger partial charge in [0.1, 0.15) is 5.54 Å². The lowest BCUT2D eigenvalue weighted by Crippen LogP contribution is -2.54. The highest BCUT2D eigenvalue weighted by atomic mass is 16.4. The zero-order valence-electron chi connectivity index (χ0n) is 10.4. The summed E-state index contributed by atoms with van der Waals surface area (Å²) in [6.45, 7) is 0.0722. The molecule has 1 fully saturated rings. The third-order valence-corrected chi connectivity index (χ3v) is 3.48. The second kappa shape index (κ2) is 6.59. The Morgan fingerprint density at radius 2 is 1.65 bits per heavy atom. The third-order valence-electron chi connectivity index (χ3n) is 3.48. The zero-order valence-corrected chi connectivity index (χ0v) is 10.4. The first kappa shape index (κ1) is 14.0. The quantitative estimate of drug-likeness (QED) is 0.684. The molecule has 0 heterocycles. The molecule has 0 aromatic carbocycles. The van der Waals surface area contributed by atoms with Crippen LogP contribution < -0.4 is 10.6 Å². The van der Waals surface area contributed by atoms with E-state index in [1.165, 1.54) is 6.42 Å². The van der Waals surface area contributed by atoms with E-state index in [-0.39, 0.29) is 12.5 Å². The lowest BCUT2D eigenvalue weighted by Gasteiger charge is -2.32. The molecule has 0 bridgehead atoms. The number of carboxylic acids is 1. The van der Waals surface area contributed by atoms with Gasteiger partial charge in [-0.25, -0.2) is 0 Å². The lowest BCUT2D eigenvalue weighted by atomic mass is 9.84. The molecule has 1 rings (SSSR count). The van der Waals surface area contributed by atoms with Gasteiger partial charge in [0.25, 0.3) is 0 Å². The average Bonchev–Trinajstić information content (AvgIpc) is 2.27. The van der Waals surface area contributed by atoms with Crippen molar-refractivity contribution in [3.63, 3.8) is 0 Å². The summed E-state index contributed by atoms with van der Waals surface area (Å²) >= 11 is 0. The zero-order chi connectivity index (χ0) is 12.7. The van der Waals surface area contributed by atoms with Crippen molar-refractivity contribution >= 4 is 11.9 Å². The van der Waals surface area contributed by atoms with Gasteiger partial charge in [0, 0.05) is 7.05 Å². The minimum atomic E-state index is -0.910. The van der Waals surface area contributed by atoms with Crippen LogP contribution in [0.1, 0.15) is 44.9 Å². The molecule has 1 aliphatic rings. The summed E-state index contributed by atoms with van der Waals surface area (Å²) in [4.78, 5) is 22.7. The standard InChI is InChI=1S/C12H22N2O3/c1-13-10(15)9-14-12(11(16)17)7-5-3-2-4-6-8-12/h14H,2-9H2,1H3,(H,13,15)(H,16,17). The third kappa shape index (κ3) is 4.00. The summed E-state index contributed by atoms with van der Waals surface area (Å²) in [5.74, 6) is -1.00. The van der Waals surface area contributed by atoms with Crippen LogP contribution in [0.15, 0.2) is 0 Å². The fourth-order valence-electron chi connectivity index (χ4n) is 2.31. The first-order chi connectivity index (χ1) is 8.10. The van der Waals surface area contributed by atoms with Gasteiger partial charge >= 0.3 is 5.97 Å². The van der Waals surface area contributed by atoms with E-state index in [9.17, 15) is 14.7 Å². The van der Waals surface area contributed by atoms with Crippen LogP contribution in [0.5, 0.6) is 0 Å². The molecule has 0 spiro atoms. The highest BCUT2D eigenvalue weighted by Gasteiger charge is 2.37. The van der Waals surface area contributed by atoms with Gasteiger partial charge in [0.15, 0.2) is 0 Å². The van der Waals surface area contributed by atoms with E-state index in [4.69, 9.17) is 0 Å². The number of aliphatic carboxylic acids is 1. The Labute approximate surface area is 102 Å². The number of carbonyl (C=O) groups is 2. The molecular formula is C12H22N2O3. The number of carbonyl (C=O) groups excluding carboxylic acids is 1. The van der Waals surface area contributed by atoms with Gasteiger partial charge in [0.05, 0.1) is 6.54 Å². The molecule has 98 valence electrons. The van der Waals surface area contributed by atoms with E-state index in [2.05, 4.69) is 10.6 Å². The van der Waals surface area contributed by atoms with Crippen molar-refractivity contribution in [2.45, 2.75) is 50.5 Å². The van der Waals surface area contributed by atoms with Crippen molar-refractivity contribution < 1.29 is 14.7 Å². The Morgan fingerprint density at radius 3 is 2.12 bits per heavy atom. The van der Waals surface area contributed by atoms with Crippen molar-refractivity contribution in [2.75, 3.05) is 13.6 Å². The highest BCUT2D eigenvalue weighted by Crippen LogP contribution is 2.26. The van der Waals surface area contributed by atoms with Gasteiger partial charge in [-0.15, -0.1) is 0 Å². The molecule has 0 saturated heterocycles. The number of amides is 1. The SMILES string of the molecule is CNC(=O)CNC1(C(=O)O)CCCCCCC1. The number of hydrogen-bond acceptors (Lipinski definition) is 3. The number of carboxylic acid groups (broad SMARTS) is 1. The average molecular weight is 242 g/mol. The van der Waals surface area contributed by atoms with E-state index < -0.39 is 11.5 Å². The maximum absolute atomic E-state index is 11.4. The van der Waals surface area contributed by atoms with Crippen molar-refractivity contribution in [1.29, 1.82) is 0 Å². The number of hydrogen-bond donors (Lipinski definition) is 3. The monoisotopic (exact) mass is 242 g/mol. The van der Waals surface area contributed by atoms with Crippen LogP contribution in [0.2, 0.25) is 0 Å². The predicted octanol–water partition coefficient (Wildman–Crippen LogP) is 0.890. The Bertz CT molecular complexity index is 271. The van der Waals surface area contributed by atoms with Crippen molar-refractivity contribution in [3.8, 4) is 0 Å². The van der Waals surface area contributed by atoms with Crippen molar-refractivity contribution in [3.05, 3.63) is 0 Å². The van der Waals surface area contributed by atoms with Gasteiger partial charge in [0.2, 0.25) is 5.91 Å². The molecule has 5 heteroatoms. The second-order valence-electron chi connectivity index (χ2n) is 4.68. The molecule has 0 aromatic heterocycles. The topological polar surface area (TPSA) is 78.4 Å². The molecule has 0 unspecified atom stereocenters.